The number of pyridine rings is 1. The molecular formula is C13H15N5OS. The number of hydrogen-bond acceptors (Lipinski definition) is 6. The van der Waals surface area contributed by atoms with Gasteiger partial charge in [0, 0.05) is 11.1 Å². The quantitative estimate of drug-likeness (QED) is 0.593. The van der Waals surface area contributed by atoms with Gasteiger partial charge in [-0.15, -0.1) is 11.3 Å². The molecule has 0 unspecified atom stereocenters. The summed E-state index contributed by atoms with van der Waals surface area (Å²) >= 11 is 1.57. The second-order valence-electron chi connectivity index (χ2n) is 4.63. The second-order valence-corrected chi connectivity index (χ2v) is 5.71. The molecule has 0 saturated heterocycles. The van der Waals surface area contributed by atoms with E-state index in [1.54, 1.807) is 23.5 Å². The molecule has 0 spiro atoms. The Morgan fingerprint density at radius 1 is 1.30 bits per heavy atom. The van der Waals surface area contributed by atoms with E-state index in [1.165, 1.54) is 23.9 Å². The van der Waals surface area contributed by atoms with Crippen LogP contribution < -0.4 is 16.6 Å². The third kappa shape index (κ3) is 2.63. The highest BCUT2D eigenvalue weighted by molar-refractivity contribution is 7.15. The number of nitrogen functional groups attached to an aromatic ring is 1. The first-order valence-electron chi connectivity index (χ1n) is 6.49. The molecule has 1 amide bonds. The van der Waals surface area contributed by atoms with Crippen LogP contribution in [0.4, 0.5) is 10.9 Å². The number of anilines is 2. The van der Waals surface area contributed by atoms with Crippen molar-refractivity contribution in [1.29, 1.82) is 0 Å². The van der Waals surface area contributed by atoms with Gasteiger partial charge in [-0.05, 0) is 37.8 Å². The fourth-order valence-corrected chi connectivity index (χ4v) is 3.23. The predicted molar refractivity (Wildman–Crippen MR) is 78.8 cm³/mol. The molecule has 1 aliphatic rings. The molecule has 3 rings (SSSR count). The molecule has 0 aromatic carbocycles. The highest BCUT2D eigenvalue weighted by Gasteiger charge is 2.16. The van der Waals surface area contributed by atoms with Gasteiger partial charge in [0.2, 0.25) is 0 Å². The molecule has 0 radical (unpaired) electrons. The van der Waals surface area contributed by atoms with E-state index in [-0.39, 0.29) is 5.91 Å². The lowest BCUT2D eigenvalue weighted by Crippen LogP contribution is -2.13. The van der Waals surface area contributed by atoms with Crippen LogP contribution in [0.5, 0.6) is 0 Å². The third-order valence-corrected chi connectivity index (χ3v) is 4.31. The highest BCUT2D eigenvalue weighted by Crippen LogP contribution is 2.29. The van der Waals surface area contributed by atoms with Crippen molar-refractivity contribution in [2.24, 2.45) is 5.84 Å². The van der Waals surface area contributed by atoms with E-state index in [4.69, 9.17) is 5.84 Å². The van der Waals surface area contributed by atoms with Gasteiger partial charge in [0.15, 0.2) is 5.13 Å². The summed E-state index contributed by atoms with van der Waals surface area (Å²) in [5, 5.41) is 3.50. The van der Waals surface area contributed by atoms with Crippen molar-refractivity contribution in [3.05, 3.63) is 34.5 Å². The van der Waals surface area contributed by atoms with Gasteiger partial charge >= 0.3 is 0 Å². The van der Waals surface area contributed by atoms with Crippen molar-refractivity contribution in [3.8, 4) is 0 Å². The number of hydrogen-bond donors (Lipinski definition) is 3. The van der Waals surface area contributed by atoms with Gasteiger partial charge in [-0.3, -0.25) is 10.1 Å². The van der Waals surface area contributed by atoms with Crippen LogP contribution in [0.2, 0.25) is 0 Å². The SMILES string of the molecule is NNc1ccc(C(=O)Nc2nc3c(s2)CCCC3)cn1. The summed E-state index contributed by atoms with van der Waals surface area (Å²) in [7, 11) is 0. The molecule has 0 fully saturated rings. The largest absolute Gasteiger partial charge is 0.308 e. The fraction of sp³-hybridized carbons (Fsp3) is 0.308. The van der Waals surface area contributed by atoms with Crippen molar-refractivity contribution < 1.29 is 4.79 Å². The number of hydrazine groups is 1. The van der Waals surface area contributed by atoms with Crippen molar-refractivity contribution in [2.45, 2.75) is 25.7 Å². The number of thiazole rings is 1. The maximum atomic E-state index is 12.1. The van der Waals surface area contributed by atoms with Gasteiger partial charge in [0.25, 0.3) is 5.91 Å². The minimum Gasteiger partial charge on any atom is -0.308 e. The molecule has 6 nitrogen and oxygen atoms in total. The van der Waals surface area contributed by atoms with E-state index in [0.29, 0.717) is 16.5 Å². The standard InChI is InChI=1S/C13H15N5OS/c14-18-11-6-5-8(7-15-11)12(19)17-13-16-9-3-1-2-4-10(9)20-13/h5-7H,1-4,14H2,(H,15,18)(H,16,17,19). The topological polar surface area (TPSA) is 92.9 Å². The lowest BCUT2D eigenvalue weighted by Gasteiger charge is -2.06. The fourth-order valence-electron chi connectivity index (χ4n) is 2.19. The molecule has 1 aliphatic carbocycles. The minimum absolute atomic E-state index is 0.202. The van der Waals surface area contributed by atoms with E-state index in [2.05, 4.69) is 20.7 Å². The summed E-state index contributed by atoms with van der Waals surface area (Å²) in [6.45, 7) is 0. The Morgan fingerprint density at radius 3 is 2.85 bits per heavy atom. The number of nitrogens with one attached hydrogen (secondary N) is 2. The first kappa shape index (κ1) is 13.0. The Kier molecular flexibility index (Phi) is 3.62. The van der Waals surface area contributed by atoms with Crippen LogP contribution in [0.15, 0.2) is 18.3 Å². The molecule has 0 bridgehead atoms. The number of nitrogens with zero attached hydrogens (tertiary/aromatic N) is 2. The van der Waals surface area contributed by atoms with Gasteiger partial charge in [-0.2, -0.15) is 0 Å². The summed E-state index contributed by atoms with van der Waals surface area (Å²) < 4.78 is 0. The first-order valence-corrected chi connectivity index (χ1v) is 7.30. The number of carbonyl (C=O) groups is 1. The monoisotopic (exact) mass is 289 g/mol. The number of aromatic nitrogens is 2. The van der Waals surface area contributed by atoms with Crippen LogP contribution in [-0.2, 0) is 12.8 Å². The normalized spacial score (nSPS) is 13.7. The molecule has 7 heteroatoms. The minimum atomic E-state index is -0.202. The van der Waals surface area contributed by atoms with Crippen LogP contribution in [0, 0.1) is 0 Å². The Bertz CT molecular complexity index is 599. The van der Waals surface area contributed by atoms with E-state index in [1.807, 2.05) is 0 Å². The number of aryl methyl sites for hydroxylation is 2. The molecule has 104 valence electrons. The van der Waals surface area contributed by atoms with Crippen molar-refractivity contribution in [3.63, 3.8) is 0 Å². The number of nitrogens with two attached hydrogens (primary N) is 1. The second kappa shape index (κ2) is 5.56. The predicted octanol–water partition coefficient (Wildman–Crippen LogP) is 1.95. The number of rotatable bonds is 3. The Balaban J connectivity index is 1.73. The molecule has 2 heterocycles. The summed E-state index contributed by atoms with van der Waals surface area (Å²) in [5.74, 6) is 5.55. The molecule has 2 aromatic heterocycles. The molecule has 4 N–H and O–H groups in total. The smallest absolute Gasteiger partial charge is 0.259 e. The first-order chi connectivity index (χ1) is 9.76. The average molecular weight is 289 g/mol. The Morgan fingerprint density at radius 2 is 2.15 bits per heavy atom. The maximum absolute atomic E-state index is 12.1. The summed E-state index contributed by atoms with van der Waals surface area (Å²) in [5.41, 5.74) is 4.04. The van der Waals surface area contributed by atoms with Gasteiger partial charge in [-0.1, -0.05) is 0 Å². The molecule has 0 atom stereocenters. The van der Waals surface area contributed by atoms with E-state index < -0.39 is 0 Å². The zero-order chi connectivity index (χ0) is 13.9. The van der Waals surface area contributed by atoms with Crippen molar-refractivity contribution in [1.82, 2.24) is 9.97 Å². The molecular weight excluding hydrogens is 274 g/mol. The Labute approximate surface area is 120 Å². The van der Waals surface area contributed by atoms with Crippen LogP contribution in [0.3, 0.4) is 0 Å². The zero-order valence-corrected chi connectivity index (χ0v) is 11.7. The average Bonchev–Trinajstić information content (AvgIpc) is 2.89. The lowest BCUT2D eigenvalue weighted by atomic mass is 10.0. The Hall–Kier alpha value is -1.99. The summed E-state index contributed by atoms with van der Waals surface area (Å²) in [4.78, 5) is 21.9. The van der Waals surface area contributed by atoms with E-state index in [0.717, 1.165) is 18.5 Å². The van der Waals surface area contributed by atoms with Gasteiger partial charge in [0.1, 0.15) is 5.82 Å². The third-order valence-electron chi connectivity index (χ3n) is 3.24. The van der Waals surface area contributed by atoms with E-state index in [9.17, 15) is 4.79 Å². The van der Waals surface area contributed by atoms with Crippen LogP contribution in [-0.4, -0.2) is 15.9 Å². The number of fused-ring (bicyclic) bond motifs is 1. The molecule has 0 saturated carbocycles. The van der Waals surface area contributed by atoms with Crippen LogP contribution in [0.1, 0.15) is 33.8 Å². The molecule has 0 aliphatic heterocycles. The van der Waals surface area contributed by atoms with Crippen molar-refractivity contribution in [2.75, 3.05) is 10.7 Å². The lowest BCUT2D eigenvalue weighted by molar-refractivity contribution is 0.102. The van der Waals surface area contributed by atoms with Gasteiger partial charge < -0.3 is 5.43 Å². The summed E-state index contributed by atoms with van der Waals surface area (Å²) in [6.07, 6.45) is 5.96. The van der Waals surface area contributed by atoms with Gasteiger partial charge in [-0.25, -0.2) is 15.8 Å². The van der Waals surface area contributed by atoms with E-state index >= 15 is 0 Å². The number of amides is 1. The van der Waals surface area contributed by atoms with Crippen LogP contribution >= 0.6 is 11.3 Å². The number of carbonyl (C=O) groups excluding carboxylic acids is 1. The maximum Gasteiger partial charge on any atom is 0.259 e. The molecule has 2 aromatic rings. The zero-order valence-electron chi connectivity index (χ0n) is 10.8. The van der Waals surface area contributed by atoms with Crippen molar-refractivity contribution >= 4 is 28.2 Å². The summed E-state index contributed by atoms with van der Waals surface area (Å²) in [6, 6.07) is 3.33. The van der Waals surface area contributed by atoms with Crippen LogP contribution in [0.25, 0.3) is 0 Å². The molecule has 20 heavy (non-hydrogen) atoms. The highest BCUT2D eigenvalue weighted by atomic mass is 32.1. The van der Waals surface area contributed by atoms with Gasteiger partial charge in [0.05, 0.1) is 11.3 Å².